The summed E-state index contributed by atoms with van der Waals surface area (Å²) in [5.41, 5.74) is 21.0. The van der Waals surface area contributed by atoms with Gasteiger partial charge in [-0.05, 0) is 134 Å². The SMILES string of the molecule is CC(C)(C)c1ccc(Nc2cc3sc4ccccc4c3cc2-c2c3c4c(c5cc(C(C)(C)C)ccc5n4-c4cc(N(c5ccc(C(C)(C)C)cc5)c5ccc(C(C)(C)C)cc5)ccc4B3)c3c2oc2ccccc23)cc1. The minimum absolute atomic E-state index is 0.0347. The minimum Gasteiger partial charge on any atom is -0.455 e. The highest BCUT2D eigenvalue weighted by Gasteiger charge is 2.34. The molecular weight excluding hydrogens is 942 g/mol. The lowest BCUT2D eigenvalue weighted by Gasteiger charge is -2.30. The van der Waals surface area contributed by atoms with Crippen LogP contribution in [0.3, 0.4) is 0 Å². The summed E-state index contributed by atoms with van der Waals surface area (Å²) >= 11 is 1.86. The number of rotatable bonds is 6. The van der Waals surface area contributed by atoms with Gasteiger partial charge in [-0.25, -0.2) is 0 Å². The fourth-order valence-corrected chi connectivity index (χ4v) is 13.1. The number of furan rings is 1. The second kappa shape index (κ2) is 17.0. The van der Waals surface area contributed by atoms with Crippen LogP contribution >= 0.6 is 11.3 Å². The lowest BCUT2D eigenvalue weighted by atomic mass is 9.58. The number of aromatic nitrogens is 1. The van der Waals surface area contributed by atoms with Crippen LogP contribution in [-0.2, 0) is 21.7 Å². The molecule has 0 amide bonds. The molecule has 1 aliphatic rings. The average molecular weight is 1010 g/mol. The fraction of sp³-hybridized carbons (Fsp3) is 0.229. The van der Waals surface area contributed by atoms with E-state index in [-0.39, 0.29) is 21.7 Å². The van der Waals surface area contributed by atoms with E-state index in [0.717, 1.165) is 68.8 Å². The Balaban J connectivity index is 1.12. The summed E-state index contributed by atoms with van der Waals surface area (Å²) < 4.78 is 12.5. The molecule has 4 nitrogen and oxygen atoms in total. The van der Waals surface area contributed by atoms with Crippen LogP contribution in [0, 0.1) is 0 Å². The summed E-state index contributed by atoms with van der Waals surface area (Å²) in [6, 6.07) is 64.2. The van der Waals surface area contributed by atoms with E-state index < -0.39 is 0 Å². The highest BCUT2D eigenvalue weighted by molar-refractivity contribution is 7.25. The molecule has 0 bridgehead atoms. The van der Waals surface area contributed by atoms with Crippen LogP contribution in [0.15, 0.2) is 174 Å². The van der Waals surface area contributed by atoms with Crippen molar-refractivity contribution in [3.63, 3.8) is 0 Å². The molecule has 4 heterocycles. The zero-order chi connectivity index (χ0) is 52.8. The second-order valence-corrected chi connectivity index (χ2v) is 26.6. The van der Waals surface area contributed by atoms with Crippen molar-refractivity contribution in [2.75, 3.05) is 10.2 Å². The van der Waals surface area contributed by atoms with Gasteiger partial charge in [-0.3, -0.25) is 0 Å². The maximum absolute atomic E-state index is 7.36. The maximum Gasteiger partial charge on any atom is 0.198 e. The Labute approximate surface area is 452 Å². The van der Waals surface area contributed by atoms with Crippen LogP contribution in [0.4, 0.5) is 28.4 Å². The van der Waals surface area contributed by atoms with Gasteiger partial charge in [0.2, 0.25) is 0 Å². The molecule has 76 heavy (non-hydrogen) atoms. The molecule has 0 radical (unpaired) electrons. The number of nitrogens with zero attached hydrogens (tertiary/aromatic N) is 2. The molecule has 0 spiro atoms. The van der Waals surface area contributed by atoms with Gasteiger partial charge >= 0.3 is 0 Å². The molecule has 0 fully saturated rings. The fourth-order valence-electron chi connectivity index (χ4n) is 11.9. The first-order chi connectivity index (χ1) is 36.2. The molecular formula is C70H66BN3OS. The molecule has 6 heteroatoms. The Hall–Kier alpha value is -7.54. The van der Waals surface area contributed by atoms with Gasteiger partial charge in [0, 0.05) is 87.0 Å². The topological polar surface area (TPSA) is 33.3 Å². The van der Waals surface area contributed by atoms with E-state index in [1.807, 2.05) is 11.3 Å². The van der Waals surface area contributed by atoms with Gasteiger partial charge in [-0.1, -0.05) is 173 Å². The number of para-hydroxylation sites is 1. The van der Waals surface area contributed by atoms with Crippen molar-refractivity contribution in [2.45, 2.75) is 105 Å². The summed E-state index contributed by atoms with van der Waals surface area (Å²) in [5.74, 6) is 0. The molecule has 13 rings (SSSR count). The molecule has 0 atom stereocenters. The Bertz CT molecular complexity index is 4240. The van der Waals surface area contributed by atoms with E-state index in [1.54, 1.807) is 0 Å². The number of thiophene rings is 1. The van der Waals surface area contributed by atoms with Crippen LogP contribution in [0.25, 0.3) is 80.7 Å². The third-order valence-electron chi connectivity index (χ3n) is 16.2. The van der Waals surface area contributed by atoms with E-state index >= 15 is 0 Å². The van der Waals surface area contributed by atoms with Crippen molar-refractivity contribution in [1.82, 2.24) is 4.57 Å². The number of nitrogens with one attached hydrogen (secondary N) is 1. The lowest BCUT2D eigenvalue weighted by molar-refractivity contribution is 0.590. The monoisotopic (exact) mass is 1010 g/mol. The average Bonchev–Trinajstić information content (AvgIpc) is 4.20. The van der Waals surface area contributed by atoms with E-state index in [4.69, 9.17) is 4.42 Å². The van der Waals surface area contributed by atoms with E-state index in [9.17, 15) is 0 Å². The van der Waals surface area contributed by atoms with Crippen LogP contribution in [0.1, 0.15) is 105 Å². The normalized spacial score (nSPS) is 13.1. The molecule has 1 N–H and O–H groups in total. The quantitative estimate of drug-likeness (QED) is 0.169. The van der Waals surface area contributed by atoms with Crippen LogP contribution < -0.4 is 21.1 Å². The van der Waals surface area contributed by atoms with Crippen molar-refractivity contribution in [1.29, 1.82) is 0 Å². The summed E-state index contributed by atoms with van der Waals surface area (Å²) in [7, 11) is 0.722. The summed E-state index contributed by atoms with van der Waals surface area (Å²) in [5, 5.41) is 11.3. The van der Waals surface area contributed by atoms with E-state index in [1.165, 1.54) is 80.8 Å². The first-order valence-corrected chi connectivity index (χ1v) is 27.9. The van der Waals surface area contributed by atoms with Gasteiger partial charge < -0.3 is 19.2 Å². The van der Waals surface area contributed by atoms with Crippen LogP contribution in [-0.4, -0.2) is 11.8 Å². The van der Waals surface area contributed by atoms with Crippen molar-refractivity contribution < 1.29 is 4.42 Å². The predicted octanol–water partition coefficient (Wildman–Crippen LogP) is 18.8. The van der Waals surface area contributed by atoms with Crippen LogP contribution in [0.5, 0.6) is 0 Å². The van der Waals surface area contributed by atoms with Gasteiger partial charge in [0.25, 0.3) is 0 Å². The first kappa shape index (κ1) is 48.1. The molecule has 0 unspecified atom stereocenters. The minimum atomic E-state index is -0.0653. The lowest BCUT2D eigenvalue weighted by Crippen LogP contribution is -2.37. The first-order valence-electron chi connectivity index (χ1n) is 27.1. The van der Waals surface area contributed by atoms with Gasteiger partial charge in [0.1, 0.15) is 11.2 Å². The predicted molar refractivity (Wildman–Crippen MR) is 332 cm³/mol. The van der Waals surface area contributed by atoms with Crippen molar-refractivity contribution in [2.24, 2.45) is 0 Å². The third kappa shape index (κ3) is 7.85. The number of hydrogen-bond acceptors (Lipinski definition) is 4. The van der Waals surface area contributed by atoms with Crippen molar-refractivity contribution in [3.8, 4) is 16.8 Å². The van der Waals surface area contributed by atoms with E-state index in [2.05, 4.69) is 268 Å². The highest BCUT2D eigenvalue weighted by atomic mass is 32.1. The zero-order valence-corrected chi connectivity index (χ0v) is 46.9. The molecule has 0 saturated carbocycles. The van der Waals surface area contributed by atoms with Gasteiger partial charge in [-0.15, -0.1) is 11.3 Å². The second-order valence-electron chi connectivity index (χ2n) is 25.6. The third-order valence-corrected chi connectivity index (χ3v) is 17.4. The maximum atomic E-state index is 7.36. The van der Waals surface area contributed by atoms with Crippen LogP contribution in [0.2, 0.25) is 0 Å². The Morgan fingerprint density at radius 3 is 1.68 bits per heavy atom. The van der Waals surface area contributed by atoms with Crippen molar-refractivity contribution in [3.05, 3.63) is 192 Å². The molecule has 0 aliphatic carbocycles. The number of benzene rings is 9. The Morgan fingerprint density at radius 1 is 0.487 bits per heavy atom. The molecule has 376 valence electrons. The summed E-state index contributed by atoms with van der Waals surface area (Å²) in [6.45, 7) is 27.5. The Kier molecular flexibility index (Phi) is 10.8. The number of anilines is 5. The molecule has 0 saturated heterocycles. The van der Waals surface area contributed by atoms with Gasteiger partial charge in [0.15, 0.2) is 7.28 Å². The summed E-state index contributed by atoms with van der Waals surface area (Å²) in [6.07, 6.45) is 0. The summed E-state index contributed by atoms with van der Waals surface area (Å²) in [4.78, 5) is 2.44. The molecule has 12 aromatic rings. The zero-order valence-electron chi connectivity index (χ0n) is 46.1. The number of fused-ring (bicyclic) bond motifs is 12. The van der Waals surface area contributed by atoms with Gasteiger partial charge in [0.05, 0.1) is 11.0 Å². The van der Waals surface area contributed by atoms with Crippen molar-refractivity contribution >= 4 is 122 Å². The van der Waals surface area contributed by atoms with E-state index in [0.29, 0.717) is 0 Å². The molecule has 1 aliphatic heterocycles. The smallest absolute Gasteiger partial charge is 0.198 e. The standard InChI is InChI=1S/C70H66BN3OS/c1-67(2,3)41-21-28-45(29-22-41)72-55-40-60-51(49-17-14-16-20-59(49)76-60)39-52(55)63-64-65-61(62-50-18-13-15-19-58(50)75-66(62)63)53-37-44(70(10,11)12)27-36-56(53)74(65)57-38-48(34-35-54(57)71-64)73(46-30-23-42(24-31-46)68(4,5)6)47-32-25-43(26-33-47)69(7,8)9/h13-40,71-72H,1-12H3. The van der Waals surface area contributed by atoms with Gasteiger partial charge in [-0.2, -0.15) is 0 Å². The largest absolute Gasteiger partial charge is 0.455 e. The molecule has 9 aromatic carbocycles. The Morgan fingerprint density at radius 2 is 1.05 bits per heavy atom. The number of hydrogen-bond donors (Lipinski definition) is 1. The molecule has 3 aromatic heterocycles. The highest BCUT2D eigenvalue weighted by Crippen LogP contribution is 2.50.